The molecule has 0 spiro atoms. The Balaban J connectivity index is 1.58. The van der Waals surface area contributed by atoms with Gasteiger partial charge < -0.3 is 20.9 Å². The highest BCUT2D eigenvalue weighted by molar-refractivity contribution is 7.94. The zero-order valence-electron chi connectivity index (χ0n) is 21.1. The maximum Gasteiger partial charge on any atom is 0.255 e. The lowest BCUT2D eigenvalue weighted by Gasteiger charge is -2.53. The summed E-state index contributed by atoms with van der Waals surface area (Å²) in [5.74, 6) is -7.20. The highest BCUT2D eigenvalue weighted by atomic mass is 35.5. The van der Waals surface area contributed by atoms with Gasteiger partial charge in [-0.05, 0) is 50.0 Å². The number of carbonyl (C=O) groups excluding carboxylic acids is 3. The number of fused-ring (bicyclic) bond motifs is 3. The van der Waals surface area contributed by atoms with Crippen molar-refractivity contribution in [1.29, 1.82) is 0 Å². The Kier molecular flexibility index (Phi) is 8.50. The number of amides is 3. The third-order valence-electron chi connectivity index (χ3n) is 7.48. The maximum atomic E-state index is 15.0. The van der Waals surface area contributed by atoms with E-state index in [-0.39, 0.29) is 25.3 Å². The standard InChI is InChI=1S/C25H30ClF3N4O5S/c1-39(37,38)20(27)11-17(9-14-7-8-30-23(14)35)32-24(36)22-19-6-5-18(12-25(19,28)29)33(22)21(34)13-31-16-4-2-3-15(26)10-16/h2-4,10-11,14,17-19,22,31H,5-9,12-13H2,1H3,(H,30,35)(H,32,36)/b20-11-/t14-,17+,18+,19+,22-/m0/s1. The maximum absolute atomic E-state index is 15.0. The van der Waals surface area contributed by atoms with E-state index in [9.17, 15) is 36.0 Å². The largest absolute Gasteiger partial charge is 0.376 e. The number of rotatable bonds is 9. The van der Waals surface area contributed by atoms with Gasteiger partial charge in [0.15, 0.2) is 0 Å². The molecular formula is C25H30ClF3N4O5S. The molecule has 0 radical (unpaired) electrons. The number of hydrogen-bond acceptors (Lipinski definition) is 6. The first-order valence-electron chi connectivity index (χ1n) is 12.6. The summed E-state index contributed by atoms with van der Waals surface area (Å²) in [6.45, 7) is 0.0795. The number of benzene rings is 1. The fourth-order valence-corrected chi connectivity index (χ4v) is 6.23. The summed E-state index contributed by atoms with van der Waals surface area (Å²) < 4.78 is 67.7. The molecule has 1 aromatic carbocycles. The molecule has 2 bridgehead atoms. The molecule has 5 atom stereocenters. The average Bonchev–Trinajstić information content (AvgIpc) is 3.25. The second-order valence-electron chi connectivity index (χ2n) is 10.3. The van der Waals surface area contributed by atoms with Gasteiger partial charge in [0.1, 0.15) is 6.04 Å². The number of sulfone groups is 1. The minimum Gasteiger partial charge on any atom is -0.376 e. The summed E-state index contributed by atoms with van der Waals surface area (Å²) in [4.78, 5) is 40.1. The van der Waals surface area contributed by atoms with Crippen LogP contribution in [0.25, 0.3) is 0 Å². The number of piperidine rings is 2. The van der Waals surface area contributed by atoms with Gasteiger partial charge in [-0.15, -0.1) is 0 Å². The van der Waals surface area contributed by atoms with Crippen LogP contribution in [0, 0.1) is 11.8 Å². The molecule has 4 aliphatic rings. The molecule has 39 heavy (non-hydrogen) atoms. The third kappa shape index (κ3) is 6.68. The van der Waals surface area contributed by atoms with Gasteiger partial charge in [-0.2, -0.15) is 4.39 Å². The molecule has 214 valence electrons. The average molecular weight is 591 g/mol. The van der Waals surface area contributed by atoms with Crippen LogP contribution in [-0.4, -0.2) is 74.4 Å². The van der Waals surface area contributed by atoms with Gasteiger partial charge in [-0.3, -0.25) is 14.4 Å². The van der Waals surface area contributed by atoms with Crippen LogP contribution < -0.4 is 16.0 Å². The molecule has 3 aliphatic heterocycles. The van der Waals surface area contributed by atoms with Crippen molar-refractivity contribution < 1.29 is 36.0 Å². The molecule has 1 aromatic rings. The van der Waals surface area contributed by atoms with Gasteiger partial charge in [0.2, 0.25) is 32.7 Å². The number of hydrogen-bond donors (Lipinski definition) is 3. The number of halogens is 4. The predicted octanol–water partition coefficient (Wildman–Crippen LogP) is 2.63. The zero-order valence-corrected chi connectivity index (χ0v) is 22.7. The molecular weight excluding hydrogens is 561 g/mol. The lowest BCUT2D eigenvalue weighted by Crippen LogP contribution is -2.69. The SMILES string of the molecule is CS(=O)(=O)/C(F)=C\[C@@H](C[C@@H]1CCNC1=O)NC(=O)[C@@H]1[C@H]2CC[C@H](CC2(F)F)N1C(=O)CNc1cccc(Cl)c1. The third-order valence-corrected chi connectivity index (χ3v) is 8.56. The summed E-state index contributed by atoms with van der Waals surface area (Å²) >= 11 is 5.97. The minimum atomic E-state index is -4.25. The van der Waals surface area contributed by atoms with Gasteiger partial charge in [-0.1, -0.05) is 17.7 Å². The molecule has 1 aliphatic carbocycles. The van der Waals surface area contributed by atoms with Crippen LogP contribution in [0.3, 0.4) is 0 Å². The number of nitrogens with one attached hydrogen (secondary N) is 3. The second-order valence-corrected chi connectivity index (χ2v) is 12.7. The van der Waals surface area contributed by atoms with E-state index in [1.807, 2.05) is 0 Å². The predicted molar refractivity (Wildman–Crippen MR) is 138 cm³/mol. The Bertz CT molecular complexity index is 1280. The molecule has 5 rings (SSSR count). The molecule has 14 heteroatoms. The van der Waals surface area contributed by atoms with Crippen LogP contribution in [0.5, 0.6) is 0 Å². The first kappa shape index (κ1) is 29.2. The summed E-state index contributed by atoms with van der Waals surface area (Å²) in [6.07, 6.45) is 1.27. The highest BCUT2D eigenvalue weighted by Crippen LogP contribution is 2.49. The van der Waals surface area contributed by atoms with Crippen LogP contribution in [0.4, 0.5) is 18.9 Å². The van der Waals surface area contributed by atoms with E-state index < -0.39 is 69.1 Å². The molecule has 1 saturated carbocycles. The van der Waals surface area contributed by atoms with Gasteiger partial charge in [0.25, 0.3) is 5.92 Å². The molecule has 3 saturated heterocycles. The van der Waals surface area contributed by atoms with E-state index >= 15 is 0 Å². The van der Waals surface area contributed by atoms with Crippen LogP contribution in [0.15, 0.2) is 35.5 Å². The Morgan fingerprint density at radius 3 is 2.64 bits per heavy atom. The van der Waals surface area contributed by atoms with E-state index in [2.05, 4.69) is 16.0 Å². The Morgan fingerprint density at radius 1 is 1.28 bits per heavy atom. The zero-order chi connectivity index (χ0) is 28.5. The summed E-state index contributed by atoms with van der Waals surface area (Å²) in [5, 5.41) is 6.88. The second kappa shape index (κ2) is 11.4. The normalized spacial score (nSPS) is 27.2. The van der Waals surface area contributed by atoms with Crippen molar-refractivity contribution in [3.8, 4) is 0 Å². The van der Waals surface area contributed by atoms with Crippen molar-refractivity contribution in [1.82, 2.24) is 15.5 Å². The van der Waals surface area contributed by atoms with Crippen molar-refractivity contribution in [2.75, 3.05) is 24.7 Å². The Hall–Kier alpha value is -2.80. The van der Waals surface area contributed by atoms with Crippen LogP contribution in [0.2, 0.25) is 5.02 Å². The first-order chi connectivity index (χ1) is 18.3. The lowest BCUT2D eigenvalue weighted by molar-refractivity contribution is -0.193. The smallest absolute Gasteiger partial charge is 0.255 e. The Morgan fingerprint density at radius 2 is 2.03 bits per heavy atom. The topological polar surface area (TPSA) is 125 Å². The van der Waals surface area contributed by atoms with Gasteiger partial charge in [-0.25, -0.2) is 17.2 Å². The van der Waals surface area contributed by atoms with Crippen molar-refractivity contribution in [2.24, 2.45) is 11.8 Å². The lowest BCUT2D eigenvalue weighted by atomic mass is 9.71. The number of anilines is 1. The number of alkyl halides is 2. The number of carbonyl (C=O) groups is 3. The van der Waals surface area contributed by atoms with Crippen LogP contribution >= 0.6 is 11.6 Å². The van der Waals surface area contributed by atoms with E-state index in [4.69, 9.17) is 11.6 Å². The fourth-order valence-electron chi connectivity index (χ4n) is 5.63. The molecule has 3 N–H and O–H groups in total. The Labute approximate surface area is 229 Å². The van der Waals surface area contributed by atoms with Crippen molar-refractivity contribution in [3.05, 3.63) is 40.5 Å². The van der Waals surface area contributed by atoms with Crippen molar-refractivity contribution in [3.63, 3.8) is 0 Å². The fraction of sp³-hybridized carbons (Fsp3) is 0.560. The molecule has 0 unspecified atom stereocenters. The molecule has 9 nitrogen and oxygen atoms in total. The van der Waals surface area contributed by atoms with Gasteiger partial charge in [0.05, 0.1) is 18.5 Å². The monoisotopic (exact) mass is 590 g/mol. The van der Waals surface area contributed by atoms with E-state index in [1.165, 1.54) is 0 Å². The summed E-state index contributed by atoms with van der Waals surface area (Å²) in [7, 11) is -4.25. The van der Waals surface area contributed by atoms with Gasteiger partial charge in [0, 0.05) is 41.9 Å². The molecule has 3 heterocycles. The highest BCUT2D eigenvalue weighted by Gasteiger charge is 2.60. The van der Waals surface area contributed by atoms with Crippen LogP contribution in [0.1, 0.15) is 32.1 Å². The summed E-state index contributed by atoms with van der Waals surface area (Å²) in [5.41, 5.74) is 0.528. The first-order valence-corrected chi connectivity index (χ1v) is 14.9. The molecule has 3 amide bonds. The van der Waals surface area contributed by atoms with Crippen molar-refractivity contribution in [2.45, 2.75) is 56.2 Å². The van der Waals surface area contributed by atoms with E-state index in [0.717, 1.165) is 4.90 Å². The van der Waals surface area contributed by atoms with Crippen molar-refractivity contribution >= 4 is 44.8 Å². The summed E-state index contributed by atoms with van der Waals surface area (Å²) in [6, 6.07) is 2.84. The molecule has 0 aromatic heterocycles. The van der Waals surface area contributed by atoms with Gasteiger partial charge >= 0.3 is 0 Å². The molecule has 4 fully saturated rings. The van der Waals surface area contributed by atoms with E-state index in [1.54, 1.807) is 24.3 Å². The quantitative estimate of drug-likeness (QED) is 0.406. The van der Waals surface area contributed by atoms with Crippen LogP contribution in [-0.2, 0) is 24.2 Å². The van der Waals surface area contributed by atoms with E-state index in [0.29, 0.717) is 42.4 Å². The number of nitrogens with zero attached hydrogens (tertiary/aromatic N) is 1. The minimum absolute atomic E-state index is 0.00446.